The molecule has 2 rings (SSSR count). The Morgan fingerprint density at radius 2 is 1.90 bits per heavy atom. The van der Waals surface area contributed by atoms with Crippen LogP contribution in [0.3, 0.4) is 0 Å². The Balaban J connectivity index is 1.96. The van der Waals surface area contributed by atoms with Crippen LogP contribution in [0.4, 0.5) is 8.78 Å². The number of halogens is 2. The van der Waals surface area contributed by atoms with Crippen molar-refractivity contribution in [1.29, 1.82) is 0 Å². The maximum atomic E-state index is 13.7. The Kier molecular flexibility index (Phi) is 5.07. The normalized spacial score (nSPS) is 22.9. The lowest BCUT2D eigenvalue weighted by molar-refractivity contribution is 0.111. The number of benzene rings is 1. The average molecular weight is 283 g/mol. The standard InChI is InChI=1S/C15H23F2N3/c1-11(15-13(16)5-4-6-14(15)17)18-9-12-10-19(2)7-8-20(12)3/h4-6,11-12,18H,7-10H2,1-3H3. The largest absolute Gasteiger partial charge is 0.308 e. The second-order valence-electron chi connectivity index (χ2n) is 5.66. The molecule has 0 aromatic heterocycles. The highest BCUT2D eigenvalue weighted by Gasteiger charge is 2.23. The van der Waals surface area contributed by atoms with Crippen LogP contribution < -0.4 is 5.32 Å². The van der Waals surface area contributed by atoms with E-state index in [1.807, 2.05) is 0 Å². The summed E-state index contributed by atoms with van der Waals surface area (Å²) in [6.45, 7) is 5.57. The van der Waals surface area contributed by atoms with Crippen molar-refractivity contribution in [2.45, 2.75) is 19.0 Å². The monoisotopic (exact) mass is 283 g/mol. The molecule has 1 fully saturated rings. The molecule has 1 heterocycles. The molecule has 0 aliphatic carbocycles. The van der Waals surface area contributed by atoms with Gasteiger partial charge in [0.1, 0.15) is 11.6 Å². The fourth-order valence-electron chi connectivity index (χ4n) is 2.66. The van der Waals surface area contributed by atoms with Crippen LogP contribution in [-0.4, -0.2) is 56.1 Å². The van der Waals surface area contributed by atoms with E-state index >= 15 is 0 Å². The van der Waals surface area contributed by atoms with E-state index in [0.717, 1.165) is 26.2 Å². The summed E-state index contributed by atoms with van der Waals surface area (Å²) in [5.74, 6) is -0.974. The zero-order valence-corrected chi connectivity index (χ0v) is 12.4. The van der Waals surface area contributed by atoms with Crippen LogP contribution in [-0.2, 0) is 0 Å². The van der Waals surface area contributed by atoms with Gasteiger partial charge in [-0.25, -0.2) is 8.78 Å². The van der Waals surface area contributed by atoms with Gasteiger partial charge in [-0.05, 0) is 33.2 Å². The van der Waals surface area contributed by atoms with Crippen molar-refractivity contribution < 1.29 is 8.78 Å². The number of hydrogen-bond donors (Lipinski definition) is 1. The minimum atomic E-state index is -0.487. The molecule has 20 heavy (non-hydrogen) atoms. The second kappa shape index (κ2) is 6.61. The number of nitrogens with one attached hydrogen (secondary N) is 1. The summed E-state index contributed by atoms with van der Waals surface area (Å²) in [6.07, 6.45) is 0. The molecule has 1 aromatic carbocycles. The van der Waals surface area contributed by atoms with E-state index in [4.69, 9.17) is 0 Å². The van der Waals surface area contributed by atoms with Crippen LogP contribution >= 0.6 is 0 Å². The Morgan fingerprint density at radius 3 is 2.55 bits per heavy atom. The molecule has 1 aliphatic rings. The summed E-state index contributed by atoms with van der Waals surface area (Å²) in [5, 5.41) is 3.25. The van der Waals surface area contributed by atoms with Crippen LogP contribution in [0.25, 0.3) is 0 Å². The van der Waals surface area contributed by atoms with Crippen LogP contribution in [0.5, 0.6) is 0 Å². The first-order valence-electron chi connectivity index (χ1n) is 7.05. The van der Waals surface area contributed by atoms with Gasteiger partial charge in [0.2, 0.25) is 0 Å². The van der Waals surface area contributed by atoms with Crippen molar-refractivity contribution in [3.8, 4) is 0 Å². The summed E-state index contributed by atoms with van der Waals surface area (Å²) in [4.78, 5) is 4.57. The topological polar surface area (TPSA) is 18.5 Å². The molecule has 1 aromatic rings. The molecule has 1 aliphatic heterocycles. The third-order valence-corrected chi connectivity index (χ3v) is 4.07. The predicted octanol–water partition coefficient (Wildman–Crippen LogP) is 1.86. The van der Waals surface area contributed by atoms with Gasteiger partial charge in [-0.15, -0.1) is 0 Å². The SMILES string of the molecule is CC(NCC1CN(C)CCN1C)c1c(F)cccc1F. The van der Waals surface area contributed by atoms with Crippen molar-refractivity contribution in [3.05, 3.63) is 35.4 Å². The average Bonchev–Trinajstić information content (AvgIpc) is 2.39. The zero-order valence-electron chi connectivity index (χ0n) is 12.4. The highest BCUT2D eigenvalue weighted by atomic mass is 19.1. The Hall–Kier alpha value is -1.04. The Bertz CT molecular complexity index is 432. The molecule has 2 unspecified atom stereocenters. The van der Waals surface area contributed by atoms with Gasteiger partial charge in [-0.3, -0.25) is 4.90 Å². The van der Waals surface area contributed by atoms with Crippen molar-refractivity contribution >= 4 is 0 Å². The molecule has 0 saturated carbocycles. The molecule has 2 atom stereocenters. The molecule has 0 amide bonds. The van der Waals surface area contributed by atoms with Gasteiger partial charge < -0.3 is 10.2 Å². The fraction of sp³-hybridized carbons (Fsp3) is 0.600. The lowest BCUT2D eigenvalue weighted by atomic mass is 10.1. The molecule has 5 heteroatoms. The van der Waals surface area contributed by atoms with Crippen molar-refractivity contribution in [3.63, 3.8) is 0 Å². The summed E-state index contributed by atoms with van der Waals surface area (Å²) in [6, 6.07) is 4.03. The van der Waals surface area contributed by atoms with E-state index in [1.54, 1.807) is 6.92 Å². The van der Waals surface area contributed by atoms with Gasteiger partial charge in [0.15, 0.2) is 0 Å². The third-order valence-electron chi connectivity index (χ3n) is 4.07. The molecule has 1 N–H and O–H groups in total. The second-order valence-corrected chi connectivity index (χ2v) is 5.66. The third kappa shape index (κ3) is 3.53. The molecular formula is C15H23F2N3. The zero-order chi connectivity index (χ0) is 14.7. The van der Waals surface area contributed by atoms with Crippen LogP contribution in [0.2, 0.25) is 0 Å². The maximum absolute atomic E-state index is 13.7. The minimum Gasteiger partial charge on any atom is -0.308 e. The van der Waals surface area contributed by atoms with E-state index in [1.165, 1.54) is 18.2 Å². The van der Waals surface area contributed by atoms with Gasteiger partial charge in [0, 0.05) is 43.8 Å². The maximum Gasteiger partial charge on any atom is 0.130 e. The van der Waals surface area contributed by atoms with Gasteiger partial charge in [-0.1, -0.05) is 6.07 Å². The number of nitrogens with zero attached hydrogens (tertiary/aromatic N) is 2. The summed E-state index contributed by atoms with van der Waals surface area (Å²) in [7, 11) is 4.19. The van der Waals surface area contributed by atoms with E-state index in [2.05, 4.69) is 29.2 Å². The fourth-order valence-corrected chi connectivity index (χ4v) is 2.66. The minimum absolute atomic E-state index is 0.124. The quantitative estimate of drug-likeness (QED) is 0.910. The Labute approximate surface area is 119 Å². The molecule has 0 bridgehead atoms. The van der Waals surface area contributed by atoms with E-state index in [0.29, 0.717) is 6.04 Å². The molecule has 0 radical (unpaired) electrons. The van der Waals surface area contributed by atoms with Crippen LogP contribution in [0.1, 0.15) is 18.5 Å². The van der Waals surface area contributed by atoms with Gasteiger partial charge in [0.05, 0.1) is 0 Å². The first-order chi connectivity index (χ1) is 9.49. The van der Waals surface area contributed by atoms with Crippen molar-refractivity contribution in [2.75, 3.05) is 40.3 Å². The van der Waals surface area contributed by atoms with E-state index < -0.39 is 11.6 Å². The van der Waals surface area contributed by atoms with Crippen LogP contribution in [0.15, 0.2) is 18.2 Å². The lowest BCUT2D eigenvalue weighted by Crippen LogP contribution is -2.54. The first kappa shape index (κ1) is 15.4. The summed E-state index contributed by atoms with van der Waals surface area (Å²) >= 11 is 0. The number of likely N-dealkylation sites (N-methyl/N-ethyl adjacent to an activating group) is 2. The van der Waals surface area contributed by atoms with E-state index in [9.17, 15) is 8.78 Å². The van der Waals surface area contributed by atoms with Gasteiger partial charge in [0.25, 0.3) is 0 Å². The molecule has 3 nitrogen and oxygen atoms in total. The summed E-state index contributed by atoms with van der Waals surface area (Å²) in [5.41, 5.74) is 0.124. The molecule has 112 valence electrons. The predicted molar refractivity (Wildman–Crippen MR) is 76.7 cm³/mol. The van der Waals surface area contributed by atoms with E-state index in [-0.39, 0.29) is 11.6 Å². The number of piperazine rings is 1. The van der Waals surface area contributed by atoms with Crippen LogP contribution in [0, 0.1) is 11.6 Å². The number of hydrogen-bond acceptors (Lipinski definition) is 3. The summed E-state index contributed by atoms with van der Waals surface area (Å²) < 4.78 is 27.4. The first-order valence-corrected chi connectivity index (χ1v) is 7.05. The van der Waals surface area contributed by atoms with Gasteiger partial charge in [-0.2, -0.15) is 0 Å². The highest BCUT2D eigenvalue weighted by Crippen LogP contribution is 2.20. The van der Waals surface area contributed by atoms with Crippen molar-refractivity contribution in [2.24, 2.45) is 0 Å². The molecule has 1 saturated heterocycles. The van der Waals surface area contributed by atoms with Crippen molar-refractivity contribution in [1.82, 2.24) is 15.1 Å². The Morgan fingerprint density at radius 1 is 1.25 bits per heavy atom. The molecule has 0 spiro atoms. The molecular weight excluding hydrogens is 260 g/mol. The highest BCUT2D eigenvalue weighted by molar-refractivity contribution is 5.22. The number of rotatable bonds is 4. The smallest absolute Gasteiger partial charge is 0.130 e. The lowest BCUT2D eigenvalue weighted by Gasteiger charge is -2.38. The van der Waals surface area contributed by atoms with Gasteiger partial charge >= 0.3 is 0 Å².